The van der Waals surface area contributed by atoms with E-state index in [1.54, 1.807) is 0 Å². The molecule has 3 nitrogen and oxygen atoms in total. The van der Waals surface area contributed by atoms with Crippen LogP contribution in [-0.4, -0.2) is 29.6 Å². The lowest BCUT2D eigenvalue weighted by Crippen LogP contribution is -2.40. The monoisotopic (exact) mass is 327 g/mol. The molecule has 0 fully saturated rings. The van der Waals surface area contributed by atoms with E-state index < -0.39 is 5.60 Å². The number of likely N-dealkylation sites (N-methyl/N-ethyl adjacent to an activating group) is 1. The number of hydrogen-bond acceptors (Lipinski definition) is 3. The van der Waals surface area contributed by atoms with E-state index in [1.807, 2.05) is 63.9 Å². The van der Waals surface area contributed by atoms with Gasteiger partial charge in [-0.3, -0.25) is 9.69 Å². The van der Waals surface area contributed by atoms with Crippen LogP contribution in [0.2, 0.25) is 0 Å². The van der Waals surface area contributed by atoms with Crippen molar-refractivity contribution < 1.29 is 9.53 Å². The van der Waals surface area contributed by atoms with Crippen molar-refractivity contribution in [2.75, 3.05) is 7.05 Å². The fourth-order valence-corrected chi connectivity index (χ4v) is 2.01. The molecule has 106 valence electrons. The Morgan fingerprint density at radius 3 is 2.47 bits per heavy atom. The van der Waals surface area contributed by atoms with E-state index in [0.29, 0.717) is 6.54 Å². The number of halogens is 1. The van der Waals surface area contributed by atoms with E-state index in [4.69, 9.17) is 4.74 Å². The third-order valence-corrected chi connectivity index (χ3v) is 3.56. The van der Waals surface area contributed by atoms with Crippen LogP contribution in [0.1, 0.15) is 33.3 Å². The highest BCUT2D eigenvalue weighted by molar-refractivity contribution is 9.10. The van der Waals surface area contributed by atoms with E-state index in [-0.39, 0.29) is 12.0 Å². The highest BCUT2D eigenvalue weighted by atomic mass is 79.9. The summed E-state index contributed by atoms with van der Waals surface area (Å²) in [6, 6.07) is 7.74. The Morgan fingerprint density at radius 1 is 1.37 bits per heavy atom. The summed E-state index contributed by atoms with van der Waals surface area (Å²) in [6.45, 7) is 8.20. The van der Waals surface area contributed by atoms with Gasteiger partial charge in [0.25, 0.3) is 0 Å². The zero-order valence-electron chi connectivity index (χ0n) is 12.2. The molecule has 0 aliphatic heterocycles. The third-order valence-electron chi connectivity index (χ3n) is 2.79. The number of hydrogen-bond donors (Lipinski definition) is 0. The molecule has 0 aliphatic rings. The molecule has 1 unspecified atom stereocenters. The van der Waals surface area contributed by atoms with E-state index in [1.165, 1.54) is 0 Å². The normalized spacial score (nSPS) is 13.4. The second-order valence-corrected chi connectivity index (χ2v) is 6.57. The van der Waals surface area contributed by atoms with Gasteiger partial charge in [0.05, 0.1) is 0 Å². The maximum atomic E-state index is 12.0. The first-order chi connectivity index (χ1) is 8.70. The number of esters is 1. The van der Waals surface area contributed by atoms with Crippen LogP contribution in [0, 0.1) is 0 Å². The molecule has 0 aromatic heterocycles. The Bertz CT molecular complexity index is 440. The molecule has 0 saturated carbocycles. The Kier molecular flexibility index (Phi) is 5.56. The quantitative estimate of drug-likeness (QED) is 0.791. The molecule has 0 saturated heterocycles. The van der Waals surface area contributed by atoms with Crippen molar-refractivity contribution in [2.24, 2.45) is 0 Å². The number of rotatable bonds is 4. The van der Waals surface area contributed by atoms with Crippen molar-refractivity contribution in [1.29, 1.82) is 0 Å². The van der Waals surface area contributed by atoms with Gasteiger partial charge in [-0.2, -0.15) is 0 Å². The number of carbonyl (C=O) groups is 1. The first-order valence-corrected chi connectivity index (χ1v) is 7.16. The summed E-state index contributed by atoms with van der Waals surface area (Å²) in [6.07, 6.45) is 0. The Hall–Kier alpha value is -0.870. The molecular weight excluding hydrogens is 306 g/mol. The molecule has 0 aliphatic carbocycles. The standard InChI is InChI=1S/C15H22BrNO2/c1-11(14(18)19-15(2,3)4)17(5)10-12-8-6-7-9-13(12)16/h6-9,11H,10H2,1-5H3. The summed E-state index contributed by atoms with van der Waals surface area (Å²) in [5.74, 6) is -0.193. The summed E-state index contributed by atoms with van der Waals surface area (Å²) in [4.78, 5) is 14.0. The van der Waals surface area contributed by atoms with Gasteiger partial charge in [0.15, 0.2) is 0 Å². The molecule has 1 atom stereocenters. The summed E-state index contributed by atoms with van der Waals surface area (Å²) in [5, 5.41) is 0. The van der Waals surface area contributed by atoms with Crippen LogP contribution < -0.4 is 0 Å². The highest BCUT2D eigenvalue weighted by Crippen LogP contribution is 2.19. The lowest BCUT2D eigenvalue weighted by atomic mass is 10.1. The average Bonchev–Trinajstić information content (AvgIpc) is 2.28. The van der Waals surface area contributed by atoms with Crippen LogP contribution in [0.5, 0.6) is 0 Å². The Labute approximate surface area is 124 Å². The third kappa shape index (κ3) is 5.33. The first-order valence-electron chi connectivity index (χ1n) is 6.37. The summed E-state index contributed by atoms with van der Waals surface area (Å²) in [7, 11) is 1.92. The first kappa shape index (κ1) is 16.2. The molecule has 1 aromatic carbocycles. The molecule has 4 heteroatoms. The minimum absolute atomic E-state index is 0.193. The van der Waals surface area contributed by atoms with Gasteiger partial charge in [-0.05, 0) is 46.4 Å². The van der Waals surface area contributed by atoms with E-state index in [0.717, 1.165) is 10.0 Å². The lowest BCUT2D eigenvalue weighted by molar-refractivity contribution is -0.160. The molecule has 0 spiro atoms. The molecule has 0 amide bonds. The predicted octanol–water partition coefficient (Wildman–Crippen LogP) is 3.61. The summed E-state index contributed by atoms with van der Waals surface area (Å²) < 4.78 is 6.45. The Morgan fingerprint density at radius 2 is 1.95 bits per heavy atom. The maximum absolute atomic E-state index is 12.0. The minimum Gasteiger partial charge on any atom is -0.459 e. The van der Waals surface area contributed by atoms with Crippen LogP contribution >= 0.6 is 15.9 Å². The molecule has 0 N–H and O–H groups in total. The SMILES string of the molecule is CC(C(=O)OC(C)(C)C)N(C)Cc1ccccc1Br. The lowest BCUT2D eigenvalue weighted by Gasteiger charge is -2.27. The number of ether oxygens (including phenoxy) is 1. The highest BCUT2D eigenvalue weighted by Gasteiger charge is 2.24. The zero-order chi connectivity index (χ0) is 14.6. The van der Waals surface area contributed by atoms with Gasteiger partial charge < -0.3 is 4.74 Å². The van der Waals surface area contributed by atoms with E-state index in [9.17, 15) is 4.79 Å². The Balaban J connectivity index is 2.65. The van der Waals surface area contributed by atoms with Gasteiger partial charge in [-0.1, -0.05) is 34.1 Å². The molecule has 0 radical (unpaired) electrons. The van der Waals surface area contributed by atoms with Crippen molar-refractivity contribution in [3.8, 4) is 0 Å². The van der Waals surface area contributed by atoms with Gasteiger partial charge in [0.1, 0.15) is 11.6 Å². The second kappa shape index (κ2) is 6.53. The van der Waals surface area contributed by atoms with Crippen LogP contribution in [-0.2, 0) is 16.1 Å². The van der Waals surface area contributed by atoms with Crippen LogP contribution in [0.4, 0.5) is 0 Å². The van der Waals surface area contributed by atoms with Crippen molar-refractivity contribution in [3.63, 3.8) is 0 Å². The van der Waals surface area contributed by atoms with Crippen molar-refractivity contribution in [1.82, 2.24) is 4.90 Å². The van der Waals surface area contributed by atoms with Gasteiger partial charge in [0.2, 0.25) is 0 Å². The summed E-state index contributed by atoms with van der Waals surface area (Å²) in [5.41, 5.74) is 0.708. The zero-order valence-corrected chi connectivity index (χ0v) is 13.8. The van der Waals surface area contributed by atoms with Gasteiger partial charge in [-0.15, -0.1) is 0 Å². The van der Waals surface area contributed by atoms with Gasteiger partial charge in [-0.25, -0.2) is 0 Å². The van der Waals surface area contributed by atoms with Crippen molar-refractivity contribution in [2.45, 2.75) is 45.9 Å². The summed E-state index contributed by atoms with van der Waals surface area (Å²) >= 11 is 3.52. The molecule has 1 aromatic rings. The second-order valence-electron chi connectivity index (χ2n) is 5.72. The largest absolute Gasteiger partial charge is 0.459 e. The smallest absolute Gasteiger partial charge is 0.323 e. The number of benzene rings is 1. The molecule has 1 rings (SSSR count). The molecule has 0 bridgehead atoms. The fourth-order valence-electron chi connectivity index (χ4n) is 1.60. The van der Waals surface area contributed by atoms with Crippen LogP contribution in [0.25, 0.3) is 0 Å². The topological polar surface area (TPSA) is 29.5 Å². The number of nitrogens with zero attached hydrogens (tertiary/aromatic N) is 1. The van der Waals surface area contributed by atoms with Gasteiger partial charge >= 0.3 is 5.97 Å². The molecular formula is C15H22BrNO2. The predicted molar refractivity (Wildman–Crippen MR) is 80.9 cm³/mol. The van der Waals surface area contributed by atoms with Crippen LogP contribution in [0.3, 0.4) is 0 Å². The maximum Gasteiger partial charge on any atom is 0.323 e. The molecule has 19 heavy (non-hydrogen) atoms. The van der Waals surface area contributed by atoms with Crippen LogP contribution in [0.15, 0.2) is 28.7 Å². The van der Waals surface area contributed by atoms with Gasteiger partial charge in [0, 0.05) is 11.0 Å². The minimum atomic E-state index is -0.445. The molecule has 0 heterocycles. The van der Waals surface area contributed by atoms with E-state index in [2.05, 4.69) is 15.9 Å². The van der Waals surface area contributed by atoms with E-state index >= 15 is 0 Å². The fraction of sp³-hybridized carbons (Fsp3) is 0.533. The van der Waals surface area contributed by atoms with Crippen molar-refractivity contribution >= 4 is 21.9 Å². The average molecular weight is 328 g/mol. The number of carbonyl (C=O) groups excluding carboxylic acids is 1. The van der Waals surface area contributed by atoms with Crippen molar-refractivity contribution in [3.05, 3.63) is 34.3 Å².